The number of hydrogen-bond donors (Lipinski definition) is 1. The third-order valence-electron chi connectivity index (χ3n) is 4.20. The van der Waals surface area contributed by atoms with Gasteiger partial charge in [-0.15, -0.1) is 0 Å². The fourth-order valence-corrected chi connectivity index (χ4v) is 5.45. The molecular formula is C20H33N2O5P. The molecule has 0 bridgehead atoms. The summed E-state index contributed by atoms with van der Waals surface area (Å²) in [5.74, 6) is 0. The Morgan fingerprint density at radius 3 is 2.25 bits per heavy atom. The normalized spacial score (nSPS) is 18.1. The summed E-state index contributed by atoms with van der Waals surface area (Å²) in [7, 11) is -3.67. The summed E-state index contributed by atoms with van der Waals surface area (Å²) in [5.41, 5.74) is 0.516. The van der Waals surface area contributed by atoms with Gasteiger partial charge in [-0.25, -0.2) is 9.78 Å². The van der Waals surface area contributed by atoms with E-state index in [9.17, 15) is 14.5 Å². The van der Waals surface area contributed by atoms with Crippen molar-refractivity contribution in [1.82, 2.24) is 9.88 Å². The minimum atomic E-state index is -3.67. The smallest absolute Gasteiger partial charge is 0.407 e. The second kappa shape index (κ2) is 8.13. The first kappa shape index (κ1) is 22.9. The fourth-order valence-electron chi connectivity index (χ4n) is 3.29. The summed E-state index contributed by atoms with van der Waals surface area (Å²) in [4.78, 5) is 17.7. The zero-order chi connectivity index (χ0) is 21.3. The van der Waals surface area contributed by atoms with Crippen molar-refractivity contribution >= 4 is 19.1 Å². The SMILES string of the molecule is CCCC1Cc2nc(P(=O)(OC(C)(C)C)OC(C)(C)C)ccc2CN1C(=O)O. The highest BCUT2D eigenvalue weighted by Crippen LogP contribution is 2.53. The van der Waals surface area contributed by atoms with Gasteiger partial charge in [-0.1, -0.05) is 19.4 Å². The monoisotopic (exact) mass is 412 g/mol. The second-order valence-corrected chi connectivity index (χ2v) is 11.1. The molecule has 1 aliphatic heterocycles. The van der Waals surface area contributed by atoms with Crippen molar-refractivity contribution in [2.24, 2.45) is 0 Å². The van der Waals surface area contributed by atoms with Gasteiger partial charge in [0.2, 0.25) is 0 Å². The van der Waals surface area contributed by atoms with Crippen molar-refractivity contribution in [3.63, 3.8) is 0 Å². The first-order chi connectivity index (χ1) is 12.7. The van der Waals surface area contributed by atoms with Crippen LogP contribution >= 0.6 is 7.60 Å². The molecule has 0 spiro atoms. The maximum atomic E-state index is 13.7. The lowest BCUT2D eigenvalue weighted by Crippen LogP contribution is -2.44. The molecule has 8 heteroatoms. The Kier molecular flexibility index (Phi) is 6.64. The highest BCUT2D eigenvalue weighted by molar-refractivity contribution is 7.62. The van der Waals surface area contributed by atoms with E-state index >= 15 is 0 Å². The van der Waals surface area contributed by atoms with E-state index in [1.807, 2.05) is 48.5 Å². The van der Waals surface area contributed by atoms with Crippen LogP contribution in [0.25, 0.3) is 0 Å². The van der Waals surface area contributed by atoms with Crippen LogP contribution < -0.4 is 5.44 Å². The zero-order valence-electron chi connectivity index (χ0n) is 18.0. The van der Waals surface area contributed by atoms with E-state index in [0.717, 1.165) is 24.1 Å². The first-order valence-corrected chi connectivity index (χ1v) is 11.3. The van der Waals surface area contributed by atoms with Gasteiger partial charge in [-0.3, -0.25) is 13.6 Å². The summed E-state index contributed by atoms with van der Waals surface area (Å²) < 4.78 is 25.5. The van der Waals surface area contributed by atoms with E-state index in [0.29, 0.717) is 6.42 Å². The Balaban J connectivity index is 2.45. The van der Waals surface area contributed by atoms with E-state index in [1.165, 1.54) is 4.90 Å². The quantitative estimate of drug-likeness (QED) is 0.703. The van der Waals surface area contributed by atoms with Crippen LogP contribution in [0.1, 0.15) is 72.6 Å². The Bertz CT molecular complexity index is 747. The second-order valence-electron chi connectivity index (χ2n) is 9.24. The molecule has 1 aromatic heterocycles. The van der Waals surface area contributed by atoms with Gasteiger partial charge < -0.3 is 10.0 Å². The molecule has 0 saturated carbocycles. The van der Waals surface area contributed by atoms with Crippen molar-refractivity contribution < 1.29 is 23.5 Å². The molecule has 0 aromatic carbocycles. The number of pyridine rings is 1. The lowest BCUT2D eigenvalue weighted by Gasteiger charge is -2.35. The lowest BCUT2D eigenvalue weighted by atomic mass is 9.96. The summed E-state index contributed by atoms with van der Waals surface area (Å²) in [6, 6.07) is 3.29. The maximum Gasteiger partial charge on any atom is 0.407 e. The molecule has 0 aliphatic carbocycles. The number of nitrogens with zero attached hydrogens (tertiary/aromatic N) is 2. The number of aromatic nitrogens is 1. The number of rotatable bonds is 5. The van der Waals surface area contributed by atoms with Crippen molar-refractivity contribution in [3.8, 4) is 0 Å². The molecule has 1 aliphatic rings. The maximum absolute atomic E-state index is 13.7. The van der Waals surface area contributed by atoms with Crippen LogP contribution in [0.2, 0.25) is 0 Å². The summed E-state index contributed by atoms with van der Waals surface area (Å²) >= 11 is 0. The highest BCUT2D eigenvalue weighted by Gasteiger charge is 2.40. The van der Waals surface area contributed by atoms with Crippen LogP contribution in [-0.4, -0.2) is 38.3 Å². The van der Waals surface area contributed by atoms with Gasteiger partial charge in [-0.05, 0) is 59.6 Å². The molecule has 1 atom stereocenters. The van der Waals surface area contributed by atoms with Crippen LogP contribution in [0.5, 0.6) is 0 Å². The number of hydrogen-bond acceptors (Lipinski definition) is 5. The molecule has 0 radical (unpaired) electrons. The number of amides is 1. The van der Waals surface area contributed by atoms with Gasteiger partial charge in [0, 0.05) is 18.2 Å². The molecule has 1 unspecified atom stereocenters. The van der Waals surface area contributed by atoms with Gasteiger partial charge in [-0.2, -0.15) is 0 Å². The predicted octanol–water partition coefficient (Wildman–Crippen LogP) is 4.74. The summed E-state index contributed by atoms with van der Waals surface area (Å²) in [6.07, 6.45) is 1.20. The van der Waals surface area contributed by atoms with Crippen LogP contribution in [0.15, 0.2) is 12.1 Å². The third-order valence-corrected chi connectivity index (χ3v) is 6.59. The van der Waals surface area contributed by atoms with Gasteiger partial charge >= 0.3 is 13.7 Å². The molecule has 0 fully saturated rings. The molecule has 2 rings (SSSR count). The van der Waals surface area contributed by atoms with Crippen LogP contribution in [0.4, 0.5) is 4.79 Å². The van der Waals surface area contributed by atoms with Crippen molar-refractivity contribution in [2.45, 2.75) is 91.5 Å². The van der Waals surface area contributed by atoms with Gasteiger partial charge in [0.15, 0.2) is 5.44 Å². The number of carboxylic acid groups (broad SMARTS) is 1. The van der Waals surface area contributed by atoms with Crippen molar-refractivity contribution in [2.75, 3.05) is 0 Å². The van der Waals surface area contributed by atoms with Gasteiger partial charge in [0.25, 0.3) is 0 Å². The number of fused-ring (bicyclic) bond motifs is 1. The van der Waals surface area contributed by atoms with Crippen molar-refractivity contribution in [1.29, 1.82) is 0 Å². The fraction of sp³-hybridized carbons (Fsp3) is 0.700. The molecule has 2 heterocycles. The molecule has 1 N–H and O–H groups in total. The first-order valence-electron chi connectivity index (χ1n) is 9.74. The van der Waals surface area contributed by atoms with Crippen LogP contribution in [-0.2, 0) is 26.6 Å². The van der Waals surface area contributed by atoms with E-state index in [4.69, 9.17) is 9.05 Å². The average molecular weight is 412 g/mol. The molecule has 28 heavy (non-hydrogen) atoms. The molecule has 158 valence electrons. The molecular weight excluding hydrogens is 379 g/mol. The largest absolute Gasteiger partial charge is 0.465 e. The Morgan fingerprint density at radius 2 is 1.79 bits per heavy atom. The Morgan fingerprint density at radius 1 is 1.21 bits per heavy atom. The molecule has 7 nitrogen and oxygen atoms in total. The van der Waals surface area contributed by atoms with E-state index in [1.54, 1.807) is 12.1 Å². The van der Waals surface area contributed by atoms with E-state index < -0.39 is 24.9 Å². The van der Waals surface area contributed by atoms with Gasteiger partial charge in [0.05, 0.1) is 17.7 Å². The summed E-state index contributed by atoms with van der Waals surface area (Å²) in [6.45, 7) is 13.3. The standard InChI is InChI=1S/C20H33N2O5P/c1-8-9-15-12-16-14(13-22(15)18(23)24)10-11-17(21-16)28(25,26-19(2,3)4)27-20(5,6)7/h10-11,15H,8-9,12-13H2,1-7H3,(H,23,24). The van der Waals surface area contributed by atoms with E-state index in [2.05, 4.69) is 4.98 Å². The minimum Gasteiger partial charge on any atom is -0.465 e. The average Bonchev–Trinajstić information content (AvgIpc) is 2.50. The van der Waals surface area contributed by atoms with Gasteiger partial charge in [0.1, 0.15) is 0 Å². The Labute approximate surface area is 168 Å². The lowest BCUT2D eigenvalue weighted by molar-refractivity contribution is 0.0543. The van der Waals surface area contributed by atoms with Crippen molar-refractivity contribution in [3.05, 3.63) is 23.4 Å². The number of carbonyl (C=O) groups is 1. The Hall–Kier alpha value is -1.43. The minimum absolute atomic E-state index is 0.135. The highest BCUT2D eigenvalue weighted by atomic mass is 31.2. The summed E-state index contributed by atoms with van der Waals surface area (Å²) in [5, 5.41) is 9.52. The molecule has 1 aromatic rings. The molecule has 1 amide bonds. The van der Waals surface area contributed by atoms with Crippen LogP contribution in [0, 0.1) is 0 Å². The van der Waals surface area contributed by atoms with Crippen LogP contribution in [0.3, 0.4) is 0 Å². The zero-order valence-corrected chi connectivity index (χ0v) is 18.9. The topological polar surface area (TPSA) is 89.0 Å². The van der Waals surface area contributed by atoms with E-state index in [-0.39, 0.29) is 18.0 Å². The third kappa shape index (κ3) is 5.79. The molecule has 0 saturated heterocycles. The predicted molar refractivity (Wildman–Crippen MR) is 109 cm³/mol.